The van der Waals surface area contributed by atoms with Crippen molar-refractivity contribution in [3.8, 4) is 5.75 Å². The number of halogens is 1. The van der Waals surface area contributed by atoms with Crippen LogP contribution in [0.25, 0.3) is 0 Å². The lowest BCUT2D eigenvalue weighted by molar-refractivity contribution is -0.123. The van der Waals surface area contributed by atoms with Gasteiger partial charge in [0, 0.05) is 11.8 Å². The Morgan fingerprint density at radius 3 is 2.48 bits per heavy atom. The van der Waals surface area contributed by atoms with Crippen molar-refractivity contribution >= 4 is 29.3 Å². The average Bonchev–Trinajstić information content (AvgIpc) is 2.74. The number of benzene rings is 2. The zero-order valence-corrected chi connectivity index (χ0v) is 16.4. The van der Waals surface area contributed by atoms with E-state index in [0.29, 0.717) is 27.7 Å². The van der Waals surface area contributed by atoms with E-state index in [1.165, 1.54) is 13.1 Å². The third kappa shape index (κ3) is 5.80. The van der Waals surface area contributed by atoms with Gasteiger partial charge in [-0.05, 0) is 37.3 Å². The Kier molecular flexibility index (Phi) is 6.81. The highest BCUT2D eigenvalue weighted by molar-refractivity contribution is 6.30. The fourth-order valence-corrected chi connectivity index (χ4v) is 2.59. The maximum absolute atomic E-state index is 12.6. The summed E-state index contributed by atoms with van der Waals surface area (Å²) in [7, 11) is 0. The van der Waals surface area contributed by atoms with Gasteiger partial charge in [-0.25, -0.2) is 9.78 Å². The summed E-state index contributed by atoms with van der Waals surface area (Å²) in [5, 5.41) is 3.03. The van der Waals surface area contributed by atoms with E-state index in [0.717, 1.165) is 0 Å². The topological polar surface area (TPSA) is 77.5 Å². The smallest absolute Gasteiger partial charge is 0.339 e. The van der Waals surface area contributed by atoms with Crippen molar-refractivity contribution in [3.05, 3.63) is 89.1 Å². The predicted octanol–water partition coefficient (Wildman–Crippen LogP) is 4.50. The summed E-state index contributed by atoms with van der Waals surface area (Å²) in [6.45, 7) is 1.69. The third-order valence-corrected chi connectivity index (χ3v) is 4.23. The molecular weight excluding hydrogens is 392 g/mol. The second kappa shape index (κ2) is 9.71. The number of carbonyl (C=O) groups is 2. The van der Waals surface area contributed by atoms with Gasteiger partial charge in [0.1, 0.15) is 18.2 Å². The second-order valence-electron chi connectivity index (χ2n) is 6.16. The Morgan fingerprint density at radius 2 is 1.76 bits per heavy atom. The Bertz CT molecular complexity index is 978. The molecule has 1 N–H and O–H groups in total. The number of nitrogens with one attached hydrogen (secondary N) is 1. The lowest BCUT2D eigenvalue weighted by Gasteiger charge is -2.15. The molecule has 2 aromatic carbocycles. The van der Waals surface area contributed by atoms with Gasteiger partial charge in [0.25, 0.3) is 5.91 Å². The number of aromatic nitrogens is 1. The highest BCUT2D eigenvalue weighted by Gasteiger charge is 2.21. The second-order valence-corrected chi connectivity index (χ2v) is 6.59. The minimum Gasteiger partial charge on any atom is -0.489 e. The minimum absolute atomic E-state index is 0.199. The summed E-state index contributed by atoms with van der Waals surface area (Å²) in [4.78, 5) is 28.9. The molecule has 0 radical (unpaired) electrons. The average molecular weight is 411 g/mol. The number of ether oxygens (including phenoxy) is 2. The maximum atomic E-state index is 12.6. The van der Waals surface area contributed by atoms with Gasteiger partial charge in [0.15, 0.2) is 6.10 Å². The Morgan fingerprint density at radius 1 is 1.03 bits per heavy atom. The van der Waals surface area contributed by atoms with Crippen molar-refractivity contribution in [2.45, 2.75) is 19.6 Å². The fraction of sp³-hybridized carbons (Fsp3) is 0.136. The SMILES string of the molecule is C[C@@H](OC(=O)c1ccccc1COc1ccccc1)C(=O)Nc1ccc(Cl)cn1. The van der Waals surface area contributed by atoms with E-state index in [1.807, 2.05) is 36.4 Å². The lowest BCUT2D eigenvalue weighted by atomic mass is 10.1. The van der Waals surface area contributed by atoms with E-state index in [-0.39, 0.29) is 6.61 Å². The van der Waals surface area contributed by atoms with Crippen molar-refractivity contribution in [2.24, 2.45) is 0 Å². The van der Waals surface area contributed by atoms with Crippen molar-refractivity contribution in [1.82, 2.24) is 4.98 Å². The number of pyridine rings is 1. The predicted molar refractivity (Wildman–Crippen MR) is 110 cm³/mol. The molecule has 6 nitrogen and oxygen atoms in total. The molecule has 1 amide bonds. The van der Waals surface area contributed by atoms with E-state index >= 15 is 0 Å². The minimum atomic E-state index is -1.01. The first-order valence-electron chi connectivity index (χ1n) is 8.92. The number of para-hydroxylation sites is 1. The van der Waals surface area contributed by atoms with Crippen LogP contribution >= 0.6 is 11.6 Å². The molecule has 3 aromatic rings. The summed E-state index contributed by atoms with van der Waals surface area (Å²) >= 11 is 5.77. The molecule has 0 fully saturated rings. The van der Waals surface area contributed by atoms with Gasteiger partial charge in [-0.1, -0.05) is 48.0 Å². The molecule has 0 saturated carbocycles. The van der Waals surface area contributed by atoms with Crippen LogP contribution in [0, 0.1) is 0 Å². The molecule has 29 heavy (non-hydrogen) atoms. The standard InChI is InChI=1S/C22H19ClN2O4/c1-15(21(26)25-20-12-11-17(23)13-24-20)29-22(27)19-10-6-5-7-16(19)14-28-18-8-3-2-4-9-18/h2-13,15H,14H2,1H3,(H,24,25,26)/t15-/m1/s1. The van der Waals surface area contributed by atoms with E-state index < -0.39 is 18.0 Å². The number of carbonyl (C=O) groups excluding carboxylic acids is 2. The molecule has 1 aromatic heterocycles. The Balaban J connectivity index is 1.62. The molecule has 1 atom stereocenters. The molecule has 0 spiro atoms. The first kappa shape index (κ1) is 20.4. The van der Waals surface area contributed by atoms with Crippen LogP contribution in [-0.4, -0.2) is 23.0 Å². The molecule has 1 heterocycles. The first-order valence-corrected chi connectivity index (χ1v) is 9.30. The number of rotatable bonds is 7. The van der Waals surface area contributed by atoms with Crippen LogP contribution in [-0.2, 0) is 16.1 Å². The molecule has 148 valence electrons. The van der Waals surface area contributed by atoms with Gasteiger partial charge in [0.05, 0.1) is 10.6 Å². The van der Waals surface area contributed by atoms with Crippen molar-refractivity contribution in [2.75, 3.05) is 5.32 Å². The van der Waals surface area contributed by atoms with Crippen LogP contribution in [0.5, 0.6) is 5.75 Å². The van der Waals surface area contributed by atoms with E-state index in [9.17, 15) is 9.59 Å². The molecular formula is C22H19ClN2O4. The van der Waals surface area contributed by atoms with Gasteiger partial charge < -0.3 is 14.8 Å². The van der Waals surface area contributed by atoms with Crippen LogP contribution in [0.2, 0.25) is 5.02 Å². The Hall–Kier alpha value is -3.38. The molecule has 7 heteroatoms. The molecule has 0 saturated heterocycles. The summed E-state index contributed by atoms with van der Waals surface area (Å²) < 4.78 is 11.0. The number of nitrogens with zero attached hydrogens (tertiary/aromatic N) is 1. The van der Waals surface area contributed by atoms with Gasteiger partial charge in [-0.2, -0.15) is 0 Å². The van der Waals surface area contributed by atoms with Crippen LogP contribution in [0.3, 0.4) is 0 Å². The highest BCUT2D eigenvalue weighted by Crippen LogP contribution is 2.17. The normalized spacial score (nSPS) is 11.4. The van der Waals surface area contributed by atoms with E-state index in [2.05, 4.69) is 10.3 Å². The quantitative estimate of drug-likeness (QED) is 0.580. The van der Waals surface area contributed by atoms with Crippen LogP contribution in [0.1, 0.15) is 22.8 Å². The zero-order valence-electron chi connectivity index (χ0n) is 15.7. The van der Waals surface area contributed by atoms with Gasteiger partial charge >= 0.3 is 5.97 Å². The summed E-state index contributed by atoms with van der Waals surface area (Å²) in [6, 6.07) is 19.4. The van der Waals surface area contributed by atoms with E-state index in [4.69, 9.17) is 21.1 Å². The van der Waals surface area contributed by atoms with Gasteiger partial charge in [-0.3, -0.25) is 4.79 Å². The van der Waals surface area contributed by atoms with Crippen molar-refractivity contribution in [1.29, 1.82) is 0 Å². The van der Waals surface area contributed by atoms with Crippen LogP contribution < -0.4 is 10.1 Å². The lowest BCUT2D eigenvalue weighted by Crippen LogP contribution is -2.30. The molecule has 0 aliphatic carbocycles. The summed E-state index contributed by atoms with van der Waals surface area (Å²) in [6.07, 6.45) is 0.402. The number of anilines is 1. The fourth-order valence-electron chi connectivity index (χ4n) is 2.48. The van der Waals surface area contributed by atoms with Crippen LogP contribution in [0.4, 0.5) is 5.82 Å². The maximum Gasteiger partial charge on any atom is 0.339 e. The number of hydrogen-bond acceptors (Lipinski definition) is 5. The zero-order chi connectivity index (χ0) is 20.6. The molecule has 0 aliphatic rings. The number of amides is 1. The molecule has 3 rings (SSSR count). The van der Waals surface area contributed by atoms with E-state index in [1.54, 1.807) is 30.3 Å². The summed E-state index contributed by atoms with van der Waals surface area (Å²) in [5.74, 6) is -0.0898. The van der Waals surface area contributed by atoms with Gasteiger partial charge in [0.2, 0.25) is 0 Å². The number of esters is 1. The van der Waals surface area contributed by atoms with Crippen LogP contribution in [0.15, 0.2) is 72.9 Å². The highest BCUT2D eigenvalue weighted by atomic mass is 35.5. The van der Waals surface area contributed by atoms with Crippen molar-refractivity contribution in [3.63, 3.8) is 0 Å². The molecule has 0 unspecified atom stereocenters. The molecule has 0 bridgehead atoms. The monoisotopic (exact) mass is 410 g/mol. The Labute approximate surface area is 173 Å². The molecule has 0 aliphatic heterocycles. The number of hydrogen-bond donors (Lipinski definition) is 1. The first-order chi connectivity index (χ1) is 14.0. The largest absolute Gasteiger partial charge is 0.489 e. The third-order valence-electron chi connectivity index (χ3n) is 4.01. The summed E-state index contributed by atoms with van der Waals surface area (Å²) in [5.41, 5.74) is 1.00. The van der Waals surface area contributed by atoms with Crippen molar-refractivity contribution < 1.29 is 19.1 Å². The van der Waals surface area contributed by atoms with Gasteiger partial charge in [-0.15, -0.1) is 0 Å².